The van der Waals surface area contributed by atoms with Crippen LogP contribution in [0.15, 0.2) is 23.7 Å². The number of hydrogen-bond acceptors (Lipinski definition) is 3. The van der Waals surface area contributed by atoms with Gasteiger partial charge in [-0.25, -0.2) is 4.79 Å². The monoisotopic (exact) mass is 169 g/mol. The van der Waals surface area contributed by atoms with E-state index in [1.807, 2.05) is 0 Å². The number of aliphatic hydroxyl groups is 1. The van der Waals surface area contributed by atoms with E-state index in [0.717, 1.165) is 0 Å². The van der Waals surface area contributed by atoms with Gasteiger partial charge in [0.25, 0.3) is 0 Å². The fraction of sp³-hybridized carbons (Fsp3) is 0.250. The van der Waals surface area contributed by atoms with Gasteiger partial charge in [-0.1, -0.05) is 0 Å². The van der Waals surface area contributed by atoms with Crippen LogP contribution in [-0.4, -0.2) is 22.8 Å². The van der Waals surface area contributed by atoms with Crippen molar-refractivity contribution in [1.82, 2.24) is 0 Å². The van der Waals surface area contributed by atoms with Crippen LogP contribution in [0.2, 0.25) is 0 Å². The highest BCUT2D eigenvalue weighted by Crippen LogP contribution is 2.16. The normalized spacial score (nSPS) is 16.3. The molecule has 1 radical (unpaired) electrons. The first kappa shape index (κ1) is 8.64. The van der Waals surface area contributed by atoms with Crippen LogP contribution in [-0.2, 0) is 9.53 Å². The first-order valence-corrected chi connectivity index (χ1v) is 3.47. The summed E-state index contributed by atoms with van der Waals surface area (Å²) in [6.45, 7) is -0.433. The van der Waals surface area contributed by atoms with Crippen molar-refractivity contribution in [3.05, 3.63) is 30.1 Å². The van der Waals surface area contributed by atoms with Crippen molar-refractivity contribution in [1.29, 1.82) is 0 Å². The van der Waals surface area contributed by atoms with E-state index in [1.54, 1.807) is 18.6 Å². The Morgan fingerprint density at radius 2 is 2.42 bits per heavy atom. The van der Waals surface area contributed by atoms with Crippen LogP contribution in [0.3, 0.4) is 0 Å². The zero-order valence-electron chi connectivity index (χ0n) is 6.36. The minimum absolute atomic E-state index is 0.00116. The second kappa shape index (κ2) is 3.80. The Morgan fingerprint density at radius 1 is 1.67 bits per heavy atom. The third-order valence-electron chi connectivity index (χ3n) is 1.32. The summed E-state index contributed by atoms with van der Waals surface area (Å²) >= 11 is 0. The third kappa shape index (κ3) is 2.30. The Hall–Kier alpha value is -1.45. The zero-order valence-corrected chi connectivity index (χ0v) is 6.36. The summed E-state index contributed by atoms with van der Waals surface area (Å²) in [5, 5.41) is 17.4. The maximum Gasteiger partial charge on any atom is 0.341 e. The fourth-order valence-corrected chi connectivity index (χ4v) is 0.802. The first-order chi connectivity index (χ1) is 5.70. The molecule has 0 aromatic carbocycles. The number of ether oxygens (including phenoxy) is 1. The molecule has 4 nitrogen and oxygen atoms in total. The van der Waals surface area contributed by atoms with E-state index in [4.69, 9.17) is 14.9 Å². The second-order valence-corrected chi connectivity index (χ2v) is 2.27. The van der Waals surface area contributed by atoms with Crippen molar-refractivity contribution < 1.29 is 19.7 Å². The van der Waals surface area contributed by atoms with Crippen molar-refractivity contribution in [2.75, 3.05) is 6.61 Å². The van der Waals surface area contributed by atoms with Crippen molar-refractivity contribution in [3.8, 4) is 0 Å². The average Bonchev–Trinajstić information content (AvgIpc) is 2.03. The molecule has 0 amide bonds. The van der Waals surface area contributed by atoms with Crippen LogP contribution in [0.25, 0.3) is 0 Å². The Morgan fingerprint density at radius 3 is 3.00 bits per heavy atom. The fourth-order valence-electron chi connectivity index (χ4n) is 0.802. The molecule has 0 bridgehead atoms. The highest BCUT2D eigenvalue weighted by molar-refractivity contribution is 5.68. The van der Waals surface area contributed by atoms with Gasteiger partial charge in [-0.2, -0.15) is 0 Å². The van der Waals surface area contributed by atoms with Gasteiger partial charge in [0.05, 0.1) is 0 Å². The minimum atomic E-state index is -1.06. The number of carbonyl (C=O) groups is 1. The molecule has 12 heavy (non-hydrogen) atoms. The largest absolute Gasteiger partial charge is 0.504 e. The molecule has 1 rings (SSSR count). The highest BCUT2D eigenvalue weighted by atomic mass is 16.5. The van der Waals surface area contributed by atoms with E-state index in [-0.39, 0.29) is 11.5 Å². The average molecular weight is 169 g/mol. The molecule has 0 saturated heterocycles. The lowest BCUT2D eigenvalue weighted by molar-refractivity contribution is -0.140. The number of aliphatic carboxylic acids is 1. The Bertz CT molecular complexity index is 239. The quantitative estimate of drug-likeness (QED) is 0.661. The van der Waals surface area contributed by atoms with Gasteiger partial charge in [-0.15, -0.1) is 0 Å². The van der Waals surface area contributed by atoms with E-state index < -0.39 is 12.6 Å². The number of carboxylic acids is 1. The maximum absolute atomic E-state index is 10.1. The number of allylic oxidation sites excluding steroid dienone is 2. The van der Waals surface area contributed by atoms with E-state index in [0.29, 0.717) is 6.42 Å². The lowest BCUT2D eigenvalue weighted by atomic mass is 10.1. The van der Waals surface area contributed by atoms with Crippen LogP contribution < -0.4 is 0 Å². The second-order valence-electron chi connectivity index (χ2n) is 2.27. The van der Waals surface area contributed by atoms with Gasteiger partial charge in [-0.05, 0) is 25.0 Å². The molecule has 0 saturated carbocycles. The third-order valence-corrected chi connectivity index (χ3v) is 1.32. The van der Waals surface area contributed by atoms with E-state index in [2.05, 4.69) is 0 Å². The first-order valence-electron chi connectivity index (χ1n) is 3.47. The summed E-state index contributed by atoms with van der Waals surface area (Å²) < 4.78 is 4.77. The number of hydrogen-bond donors (Lipinski definition) is 2. The topological polar surface area (TPSA) is 66.8 Å². The van der Waals surface area contributed by atoms with Gasteiger partial charge in [-0.3, -0.25) is 0 Å². The summed E-state index contributed by atoms with van der Waals surface area (Å²) in [4.78, 5) is 10.1. The van der Waals surface area contributed by atoms with Crippen LogP contribution >= 0.6 is 0 Å². The number of carboxylic acid groups (broad SMARTS) is 1. The predicted octanol–water partition coefficient (Wildman–Crippen LogP) is 1.02. The molecule has 0 aromatic heterocycles. The molecule has 0 unspecified atom stereocenters. The lowest BCUT2D eigenvalue weighted by Crippen LogP contribution is -2.09. The molecule has 0 aromatic rings. The Balaban J connectivity index is 2.46. The Kier molecular flexibility index (Phi) is 2.74. The van der Waals surface area contributed by atoms with Gasteiger partial charge in [0.2, 0.25) is 0 Å². The lowest BCUT2D eigenvalue weighted by Gasteiger charge is -2.10. The van der Waals surface area contributed by atoms with E-state index >= 15 is 0 Å². The molecule has 0 fully saturated rings. The maximum atomic E-state index is 10.1. The van der Waals surface area contributed by atoms with Gasteiger partial charge in [0.1, 0.15) is 0 Å². The molecule has 0 spiro atoms. The number of rotatable bonds is 3. The molecule has 65 valence electrons. The van der Waals surface area contributed by atoms with Gasteiger partial charge in [0.15, 0.2) is 18.1 Å². The molecule has 0 aliphatic heterocycles. The van der Waals surface area contributed by atoms with E-state index in [1.165, 1.54) is 0 Å². The summed E-state index contributed by atoms with van der Waals surface area (Å²) in [7, 11) is 0. The summed E-state index contributed by atoms with van der Waals surface area (Å²) in [5.74, 6) is -0.850. The molecular weight excluding hydrogens is 160 g/mol. The highest BCUT2D eigenvalue weighted by Gasteiger charge is 2.09. The standard InChI is InChI=1S/C8H9O4/c9-6-3-1-2-4-7(6)12-5-8(10)11/h2-4,9H,1,5H2,(H,10,11). The SMILES string of the molecule is O=C(O)COC1=C[CH]CC=C1O. The molecule has 0 heterocycles. The van der Waals surface area contributed by atoms with Crippen LogP contribution in [0.5, 0.6) is 0 Å². The van der Waals surface area contributed by atoms with Crippen LogP contribution in [0.4, 0.5) is 0 Å². The summed E-state index contributed by atoms with van der Waals surface area (Å²) in [6, 6.07) is 0. The zero-order chi connectivity index (χ0) is 8.97. The molecular formula is C8H9O4. The van der Waals surface area contributed by atoms with Crippen molar-refractivity contribution in [2.45, 2.75) is 6.42 Å². The Labute approximate surface area is 69.8 Å². The van der Waals surface area contributed by atoms with Crippen LogP contribution in [0.1, 0.15) is 6.42 Å². The van der Waals surface area contributed by atoms with Crippen LogP contribution in [0, 0.1) is 6.42 Å². The predicted molar refractivity (Wildman–Crippen MR) is 41.3 cm³/mol. The van der Waals surface area contributed by atoms with Gasteiger partial charge < -0.3 is 14.9 Å². The van der Waals surface area contributed by atoms with Crippen molar-refractivity contribution in [3.63, 3.8) is 0 Å². The van der Waals surface area contributed by atoms with E-state index in [9.17, 15) is 4.79 Å². The molecule has 4 heteroatoms. The number of aliphatic hydroxyl groups excluding tert-OH is 1. The summed E-state index contributed by atoms with van der Waals surface area (Å²) in [5.41, 5.74) is 0. The molecule has 1 aliphatic carbocycles. The van der Waals surface area contributed by atoms with Gasteiger partial charge in [0, 0.05) is 0 Å². The minimum Gasteiger partial charge on any atom is -0.504 e. The molecule has 1 aliphatic rings. The van der Waals surface area contributed by atoms with Crippen molar-refractivity contribution >= 4 is 5.97 Å². The summed E-state index contributed by atoms with van der Waals surface area (Å²) in [6.07, 6.45) is 5.53. The van der Waals surface area contributed by atoms with Crippen molar-refractivity contribution in [2.24, 2.45) is 0 Å². The van der Waals surface area contributed by atoms with Gasteiger partial charge >= 0.3 is 5.97 Å². The smallest absolute Gasteiger partial charge is 0.341 e. The molecule has 0 atom stereocenters. The molecule has 2 N–H and O–H groups in total.